The van der Waals surface area contributed by atoms with Gasteiger partial charge in [-0.1, -0.05) is 33.8 Å². The van der Waals surface area contributed by atoms with E-state index in [1.165, 1.54) is 6.34 Å². The number of hydrogen-bond acceptors (Lipinski definition) is 1. The fourth-order valence-corrected chi connectivity index (χ4v) is 0.549. The van der Waals surface area contributed by atoms with Crippen LogP contribution in [-0.4, -0.2) is 17.8 Å². The van der Waals surface area contributed by atoms with Crippen molar-refractivity contribution in [3.63, 3.8) is 0 Å². The SMILES string of the molecule is C=CN(C=N)CCCC.CC. The summed E-state index contributed by atoms with van der Waals surface area (Å²) in [7, 11) is 0. The minimum absolute atomic E-state index is 0.920. The van der Waals surface area contributed by atoms with Gasteiger partial charge in [0.05, 0.1) is 6.34 Å². The number of rotatable bonds is 5. The van der Waals surface area contributed by atoms with E-state index in [2.05, 4.69) is 13.5 Å². The molecule has 0 aromatic heterocycles. The van der Waals surface area contributed by atoms with Gasteiger partial charge in [-0.2, -0.15) is 0 Å². The van der Waals surface area contributed by atoms with Crippen LogP contribution in [-0.2, 0) is 0 Å². The second kappa shape index (κ2) is 11.9. The number of nitrogens with zero attached hydrogens (tertiary/aromatic N) is 1. The van der Waals surface area contributed by atoms with Gasteiger partial charge in [-0.25, -0.2) is 0 Å². The highest BCUT2D eigenvalue weighted by Crippen LogP contribution is 1.90. The summed E-state index contributed by atoms with van der Waals surface area (Å²) in [6.45, 7) is 10.6. The maximum absolute atomic E-state index is 6.87. The molecule has 0 aliphatic carbocycles. The highest BCUT2D eigenvalue weighted by molar-refractivity contribution is 5.51. The van der Waals surface area contributed by atoms with E-state index in [0.717, 1.165) is 19.4 Å². The third kappa shape index (κ3) is 9.21. The summed E-state index contributed by atoms with van der Waals surface area (Å²) in [4.78, 5) is 1.77. The number of nitrogens with one attached hydrogen (secondary N) is 1. The van der Waals surface area contributed by atoms with Crippen LogP contribution in [0.25, 0.3) is 0 Å². The van der Waals surface area contributed by atoms with E-state index >= 15 is 0 Å². The van der Waals surface area contributed by atoms with Gasteiger partial charge in [0.25, 0.3) is 0 Å². The Morgan fingerprint density at radius 3 is 2.27 bits per heavy atom. The lowest BCUT2D eigenvalue weighted by molar-refractivity contribution is 0.539. The van der Waals surface area contributed by atoms with E-state index in [-0.39, 0.29) is 0 Å². The first-order chi connectivity index (χ1) is 5.35. The van der Waals surface area contributed by atoms with E-state index in [1.54, 1.807) is 11.1 Å². The minimum atomic E-state index is 0.920. The summed E-state index contributed by atoms with van der Waals surface area (Å²) in [6.07, 6.45) is 5.25. The number of hydrogen-bond donors (Lipinski definition) is 1. The molecule has 0 spiro atoms. The molecule has 0 unspecified atom stereocenters. The number of unbranched alkanes of at least 4 members (excludes halogenated alkanes) is 1. The van der Waals surface area contributed by atoms with E-state index in [1.807, 2.05) is 13.8 Å². The first-order valence-corrected chi connectivity index (χ1v) is 4.24. The Morgan fingerprint density at radius 1 is 1.45 bits per heavy atom. The first-order valence-electron chi connectivity index (χ1n) is 4.24. The van der Waals surface area contributed by atoms with Crippen molar-refractivity contribution in [3.8, 4) is 0 Å². The van der Waals surface area contributed by atoms with Crippen LogP contribution in [0.4, 0.5) is 0 Å². The molecule has 2 nitrogen and oxygen atoms in total. The quantitative estimate of drug-likeness (QED) is 0.481. The van der Waals surface area contributed by atoms with Gasteiger partial charge in [-0.3, -0.25) is 5.41 Å². The highest BCUT2D eigenvalue weighted by atomic mass is 15.1. The predicted octanol–water partition coefficient (Wildman–Crippen LogP) is 2.87. The Hall–Kier alpha value is -0.790. The molecule has 0 aromatic rings. The molecule has 0 rings (SSSR count). The van der Waals surface area contributed by atoms with Crippen molar-refractivity contribution in [1.82, 2.24) is 4.90 Å². The molecule has 2 heteroatoms. The molecule has 0 bridgehead atoms. The average Bonchev–Trinajstić information content (AvgIpc) is 2.10. The molecule has 0 heterocycles. The second-order valence-corrected chi connectivity index (χ2v) is 1.90. The van der Waals surface area contributed by atoms with Crippen LogP contribution >= 0.6 is 0 Å². The normalized spacial score (nSPS) is 7.55. The Kier molecular flexibility index (Phi) is 13.9. The van der Waals surface area contributed by atoms with Crippen LogP contribution < -0.4 is 0 Å². The largest absolute Gasteiger partial charge is 0.340 e. The summed E-state index contributed by atoms with van der Waals surface area (Å²) < 4.78 is 0. The highest BCUT2D eigenvalue weighted by Gasteiger charge is 1.89. The monoisotopic (exact) mass is 156 g/mol. The third-order valence-corrected chi connectivity index (χ3v) is 1.17. The molecule has 66 valence electrons. The van der Waals surface area contributed by atoms with Gasteiger partial charge < -0.3 is 4.90 Å². The van der Waals surface area contributed by atoms with E-state index in [9.17, 15) is 0 Å². The predicted molar refractivity (Wildman–Crippen MR) is 51.9 cm³/mol. The summed E-state index contributed by atoms with van der Waals surface area (Å²) >= 11 is 0. The van der Waals surface area contributed by atoms with Gasteiger partial charge in [-0.15, -0.1) is 0 Å². The maximum Gasteiger partial charge on any atom is 0.0856 e. The van der Waals surface area contributed by atoms with Gasteiger partial charge >= 0.3 is 0 Å². The van der Waals surface area contributed by atoms with Crippen molar-refractivity contribution >= 4 is 6.34 Å². The van der Waals surface area contributed by atoms with Crippen LogP contribution in [0, 0.1) is 5.41 Å². The fourth-order valence-electron chi connectivity index (χ4n) is 0.549. The zero-order valence-corrected chi connectivity index (χ0v) is 7.93. The molecular formula is C9H20N2. The molecule has 0 aromatic carbocycles. The summed E-state index contributed by atoms with van der Waals surface area (Å²) in [5.74, 6) is 0. The van der Waals surface area contributed by atoms with Crippen molar-refractivity contribution in [2.24, 2.45) is 0 Å². The van der Waals surface area contributed by atoms with Crippen molar-refractivity contribution < 1.29 is 0 Å². The Labute approximate surface area is 70.4 Å². The average molecular weight is 156 g/mol. The van der Waals surface area contributed by atoms with Crippen molar-refractivity contribution in [1.29, 1.82) is 5.41 Å². The molecular weight excluding hydrogens is 136 g/mol. The lowest BCUT2D eigenvalue weighted by Gasteiger charge is -2.10. The Balaban J connectivity index is 0. The van der Waals surface area contributed by atoms with Crippen LogP contribution in [0.3, 0.4) is 0 Å². The topological polar surface area (TPSA) is 27.1 Å². The molecule has 0 aliphatic heterocycles. The molecule has 1 N–H and O–H groups in total. The summed E-state index contributed by atoms with van der Waals surface area (Å²) in [5, 5.41) is 6.87. The van der Waals surface area contributed by atoms with Crippen molar-refractivity contribution in [2.45, 2.75) is 33.6 Å². The Morgan fingerprint density at radius 2 is 2.00 bits per heavy atom. The lowest BCUT2D eigenvalue weighted by atomic mass is 10.3. The smallest absolute Gasteiger partial charge is 0.0856 e. The van der Waals surface area contributed by atoms with Crippen molar-refractivity contribution in [2.75, 3.05) is 6.54 Å². The fraction of sp³-hybridized carbons (Fsp3) is 0.667. The van der Waals surface area contributed by atoms with Crippen LogP contribution in [0.5, 0.6) is 0 Å². The van der Waals surface area contributed by atoms with Gasteiger partial charge in [-0.05, 0) is 12.6 Å². The van der Waals surface area contributed by atoms with Gasteiger partial charge in [0.15, 0.2) is 0 Å². The van der Waals surface area contributed by atoms with Crippen molar-refractivity contribution in [3.05, 3.63) is 12.8 Å². The van der Waals surface area contributed by atoms with Gasteiger partial charge in [0.2, 0.25) is 0 Å². The summed E-state index contributed by atoms with van der Waals surface area (Å²) in [5.41, 5.74) is 0. The molecule has 0 radical (unpaired) electrons. The lowest BCUT2D eigenvalue weighted by Crippen LogP contribution is -2.14. The first kappa shape index (κ1) is 12.8. The molecule has 0 atom stereocenters. The van der Waals surface area contributed by atoms with E-state index in [0.29, 0.717) is 0 Å². The zero-order valence-electron chi connectivity index (χ0n) is 7.93. The van der Waals surface area contributed by atoms with E-state index in [4.69, 9.17) is 5.41 Å². The van der Waals surface area contributed by atoms with Crippen LogP contribution in [0.1, 0.15) is 33.6 Å². The zero-order chi connectivity index (χ0) is 9.11. The standard InChI is InChI=1S/C7H14N2.C2H6/c1-3-5-6-9(4-2)7-8;1-2/h4,7-8H,2-3,5-6H2,1H3;1-2H3. The summed E-state index contributed by atoms with van der Waals surface area (Å²) in [6, 6.07) is 0. The second-order valence-electron chi connectivity index (χ2n) is 1.90. The third-order valence-electron chi connectivity index (χ3n) is 1.17. The van der Waals surface area contributed by atoms with E-state index < -0.39 is 0 Å². The Bertz CT molecular complexity index is 81.6. The van der Waals surface area contributed by atoms with Gasteiger partial charge in [0.1, 0.15) is 0 Å². The molecule has 0 fully saturated rings. The maximum atomic E-state index is 6.87. The van der Waals surface area contributed by atoms with Crippen LogP contribution in [0.2, 0.25) is 0 Å². The minimum Gasteiger partial charge on any atom is -0.340 e. The molecule has 11 heavy (non-hydrogen) atoms. The van der Waals surface area contributed by atoms with Crippen LogP contribution in [0.15, 0.2) is 12.8 Å². The molecule has 0 saturated heterocycles. The molecule has 0 saturated carbocycles. The molecule has 0 amide bonds. The van der Waals surface area contributed by atoms with Gasteiger partial charge in [0, 0.05) is 6.54 Å². The molecule has 0 aliphatic rings.